The normalized spacial score (nSPS) is 10.6. The zero-order valence-electron chi connectivity index (χ0n) is 12.1. The van der Waals surface area contributed by atoms with E-state index in [-0.39, 0.29) is 11.7 Å². The predicted octanol–water partition coefficient (Wildman–Crippen LogP) is 5.32. The Morgan fingerprint density at radius 2 is 1.87 bits per heavy atom. The van der Waals surface area contributed by atoms with Crippen molar-refractivity contribution < 1.29 is 9.21 Å². The van der Waals surface area contributed by atoms with Gasteiger partial charge in [-0.1, -0.05) is 11.6 Å². The molecule has 1 N–H and O–H groups in total. The van der Waals surface area contributed by atoms with E-state index in [1.807, 2.05) is 25.1 Å². The molecule has 0 spiro atoms. The number of hydrogen-bond acceptors (Lipinski definition) is 3. The minimum absolute atomic E-state index is 0.220. The second-order valence-electron chi connectivity index (χ2n) is 4.89. The average Bonchev–Trinajstić information content (AvgIpc) is 3.02. The Morgan fingerprint density at radius 1 is 1.13 bits per heavy atom. The van der Waals surface area contributed by atoms with Gasteiger partial charge < -0.3 is 9.73 Å². The molecule has 1 aromatic carbocycles. The summed E-state index contributed by atoms with van der Waals surface area (Å²) < 4.78 is 6.49. The van der Waals surface area contributed by atoms with Crippen molar-refractivity contribution >= 4 is 39.3 Å². The number of carbonyl (C=O) groups is 1. The Balaban J connectivity index is 1.78. The Hall–Kier alpha value is -2.11. The standard InChI is InChI=1S/C17H12BrClN2O2/c1-10-13(18)6-9-16(20-10)21-17(22)15-8-7-14(23-15)11-2-4-12(19)5-3-11/h2-9H,1H3,(H,20,21,22). The third-order valence-electron chi connectivity index (χ3n) is 3.22. The molecule has 4 nitrogen and oxygen atoms in total. The van der Waals surface area contributed by atoms with Gasteiger partial charge >= 0.3 is 0 Å². The summed E-state index contributed by atoms with van der Waals surface area (Å²) in [6, 6.07) is 14.1. The molecule has 0 atom stereocenters. The summed E-state index contributed by atoms with van der Waals surface area (Å²) in [5, 5.41) is 3.36. The summed E-state index contributed by atoms with van der Waals surface area (Å²) >= 11 is 9.24. The number of hydrogen-bond donors (Lipinski definition) is 1. The van der Waals surface area contributed by atoms with Crippen molar-refractivity contribution in [3.8, 4) is 11.3 Å². The number of anilines is 1. The Morgan fingerprint density at radius 3 is 2.57 bits per heavy atom. The molecule has 0 bridgehead atoms. The molecule has 0 aliphatic carbocycles. The van der Waals surface area contributed by atoms with Gasteiger partial charge in [0.1, 0.15) is 11.6 Å². The predicted molar refractivity (Wildman–Crippen MR) is 93.8 cm³/mol. The smallest absolute Gasteiger partial charge is 0.292 e. The number of halogens is 2. The van der Waals surface area contributed by atoms with E-state index in [1.54, 1.807) is 30.3 Å². The number of furan rings is 1. The van der Waals surface area contributed by atoms with Crippen LogP contribution in [0.3, 0.4) is 0 Å². The highest BCUT2D eigenvalue weighted by Crippen LogP contribution is 2.24. The molecular weight excluding hydrogens is 380 g/mol. The van der Waals surface area contributed by atoms with Crippen molar-refractivity contribution in [1.82, 2.24) is 4.98 Å². The maximum absolute atomic E-state index is 12.2. The first-order valence-corrected chi connectivity index (χ1v) is 8.00. The monoisotopic (exact) mass is 390 g/mol. The molecule has 0 radical (unpaired) electrons. The van der Waals surface area contributed by atoms with Crippen LogP contribution in [0.2, 0.25) is 5.02 Å². The Labute approximate surface area is 146 Å². The quantitative estimate of drug-likeness (QED) is 0.657. The van der Waals surface area contributed by atoms with Crippen LogP contribution in [-0.4, -0.2) is 10.9 Å². The van der Waals surface area contributed by atoms with Crippen LogP contribution in [0.25, 0.3) is 11.3 Å². The highest BCUT2D eigenvalue weighted by Gasteiger charge is 2.13. The largest absolute Gasteiger partial charge is 0.451 e. The molecule has 3 aromatic rings. The van der Waals surface area contributed by atoms with Gasteiger partial charge in [0.2, 0.25) is 0 Å². The molecule has 6 heteroatoms. The molecule has 0 saturated heterocycles. The third-order valence-corrected chi connectivity index (χ3v) is 4.31. The van der Waals surface area contributed by atoms with Crippen LogP contribution in [0, 0.1) is 6.92 Å². The molecule has 0 saturated carbocycles. The van der Waals surface area contributed by atoms with Gasteiger partial charge in [0.05, 0.1) is 5.69 Å². The minimum Gasteiger partial charge on any atom is -0.451 e. The van der Waals surface area contributed by atoms with Crippen LogP contribution in [0.4, 0.5) is 5.82 Å². The first kappa shape index (κ1) is 15.8. The molecular formula is C17H12BrClN2O2. The third kappa shape index (κ3) is 3.63. The van der Waals surface area contributed by atoms with Crippen LogP contribution in [-0.2, 0) is 0 Å². The molecule has 0 aliphatic heterocycles. The number of amides is 1. The maximum atomic E-state index is 12.2. The van der Waals surface area contributed by atoms with E-state index < -0.39 is 0 Å². The van der Waals surface area contributed by atoms with Gasteiger partial charge in [0.25, 0.3) is 5.91 Å². The lowest BCUT2D eigenvalue weighted by Crippen LogP contribution is -2.12. The van der Waals surface area contributed by atoms with Crippen molar-refractivity contribution in [3.05, 3.63) is 69.5 Å². The molecule has 2 heterocycles. The fourth-order valence-corrected chi connectivity index (χ4v) is 2.37. The van der Waals surface area contributed by atoms with Crippen LogP contribution in [0.15, 0.2) is 57.4 Å². The summed E-state index contributed by atoms with van der Waals surface area (Å²) in [7, 11) is 0. The molecule has 23 heavy (non-hydrogen) atoms. The van der Waals surface area contributed by atoms with Crippen LogP contribution >= 0.6 is 27.5 Å². The van der Waals surface area contributed by atoms with Gasteiger partial charge in [-0.05, 0) is 71.4 Å². The second kappa shape index (κ2) is 6.56. The van der Waals surface area contributed by atoms with Gasteiger partial charge in [0.15, 0.2) is 5.76 Å². The minimum atomic E-state index is -0.348. The van der Waals surface area contributed by atoms with E-state index in [1.165, 1.54) is 0 Å². The van der Waals surface area contributed by atoms with E-state index in [0.29, 0.717) is 16.6 Å². The summed E-state index contributed by atoms with van der Waals surface area (Å²) in [5.41, 5.74) is 1.65. The zero-order valence-corrected chi connectivity index (χ0v) is 14.5. The lowest BCUT2D eigenvalue weighted by Gasteiger charge is -2.04. The van der Waals surface area contributed by atoms with Crippen LogP contribution < -0.4 is 5.32 Å². The maximum Gasteiger partial charge on any atom is 0.292 e. The highest BCUT2D eigenvalue weighted by atomic mass is 79.9. The van der Waals surface area contributed by atoms with Gasteiger partial charge in [-0.15, -0.1) is 0 Å². The van der Waals surface area contributed by atoms with E-state index in [9.17, 15) is 4.79 Å². The van der Waals surface area contributed by atoms with Crippen molar-refractivity contribution in [2.75, 3.05) is 5.32 Å². The summed E-state index contributed by atoms with van der Waals surface area (Å²) in [6.45, 7) is 1.85. The van der Waals surface area contributed by atoms with E-state index in [0.717, 1.165) is 15.7 Å². The molecule has 116 valence electrons. The molecule has 0 fully saturated rings. The van der Waals surface area contributed by atoms with Crippen molar-refractivity contribution in [2.45, 2.75) is 6.92 Å². The van der Waals surface area contributed by atoms with E-state index >= 15 is 0 Å². The van der Waals surface area contributed by atoms with Gasteiger partial charge in [-0.3, -0.25) is 4.79 Å². The van der Waals surface area contributed by atoms with Gasteiger partial charge in [-0.25, -0.2) is 4.98 Å². The number of aromatic nitrogens is 1. The van der Waals surface area contributed by atoms with Gasteiger partial charge in [0, 0.05) is 15.1 Å². The number of aryl methyl sites for hydroxylation is 1. The van der Waals surface area contributed by atoms with Crippen LogP contribution in [0.1, 0.15) is 16.2 Å². The molecule has 1 amide bonds. The number of rotatable bonds is 3. The number of nitrogens with one attached hydrogen (secondary N) is 1. The Kier molecular flexibility index (Phi) is 4.50. The molecule has 3 rings (SSSR count). The Bertz CT molecular complexity index is 859. The highest BCUT2D eigenvalue weighted by molar-refractivity contribution is 9.10. The first-order valence-electron chi connectivity index (χ1n) is 6.83. The summed E-state index contributed by atoms with van der Waals surface area (Å²) in [6.07, 6.45) is 0. The van der Waals surface area contributed by atoms with Crippen molar-refractivity contribution in [1.29, 1.82) is 0 Å². The fourth-order valence-electron chi connectivity index (χ4n) is 2.02. The molecule has 0 unspecified atom stereocenters. The van der Waals surface area contributed by atoms with E-state index in [4.69, 9.17) is 16.0 Å². The number of benzene rings is 1. The summed E-state index contributed by atoms with van der Waals surface area (Å²) in [4.78, 5) is 16.5. The lowest BCUT2D eigenvalue weighted by molar-refractivity contribution is 0.0997. The van der Waals surface area contributed by atoms with Crippen LogP contribution in [0.5, 0.6) is 0 Å². The molecule has 0 aliphatic rings. The second-order valence-corrected chi connectivity index (χ2v) is 6.18. The van der Waals surface area contributed by atoms with Crippen molar-refractivity contribution in [2.24, 2.45) is 0 Å². The number of pyridine rings is 1. The fraction of sp³-hybridized carbons (Fsp3) is 0.0588. The first-order chi connectivity index (χ1) is 11.0. The lowest BCUT2D eigenvalue weighted by atomic mass is 10.2. The SMILES string of the molecule is Cc1nc(NC(=O)c2ccc(-c3ccc(Cl)cc3)o2)ccc1Br. The molecule has 2 aromatic heterocycles. The van der Waals surface area contributed by atoms with E-state index in [2.05, 4.69) is 26.2 Å². The topological polar surface area (TPSA) is 55.1 Å². The number of nitrogens with zero attached hydrogens (tertiary/aromatic N) is 1. The van der Waals surface area contributed by atoms with Gasteiger partial charge in [-0.2, -0.15) is 0 Å². The summed E-state index contributed by atoms with van der Waals surface area (Å²) in [5.74, 6) is 0.948. The van der Waals surface area contributed by atoms with Crippen molar-refractivity contribution in [3.63, 3.8) is 0 Å². The average molecular weight is 392 g/mol. The number of carbonyl (C=O) groups excluding carboxylic acids is 1. The zero-order chi connectivity index (χ0) is 16.4.